The Labute approximate surface area is 152 Å². The second kappa shape index (κ2) is 8.63. The van der Waals surface area contributed by atoms with Crippen molar-refractivity contribution in [3.05, 3.63) is 64.4 Å². The monoisotopic (exact) mass is 363 g/mol. The van der Waals surface area contributed by atoms with Crippen molar-refractivity contribution in [2.45, 2.75) is 12.5 Å². The first-order valence-electron chi connectivity index (χ1n) is 8.44. The molecule has 1 saturated heterocycles. The van der Waals surface area contributed by atoms with E-state index in [0.717, 1.165) is 36.6 Å². The molecule has 2 atom stereocenters. The Balaban J connectivity index is 1.51. The average molecular weight is 364 g/mol. The lowest BCUT2D eigenvalue weighted by Gasteiger charge is -2.20. The van der Waals surface area contributed by atoms with E-state index in [9.17, 15) is 4.39 Å². The zero-order valence-corrected chi connectivity index (χ0v) is 14.9. The van der Waals surface area contributed by atoms with E-state index in [4.69, 9.17) is 16.3 Å². The van der Waals surface area contributed by atoms with Gasteiger partial charge in [-0.15, -0.1) is 0 Å². The summed E-state index contributed by atoms with van der Waals surface area (Å²) in [6.07, 6.45) is 0.951. The van der Waals surface area contributed by atoms with Gasteiger partial charge in [0.25, 0.3) is 0 Å². The van der Waals surface area contributed by atoms with Crippen molar-refractivity contribution in [1.82, 2.24) is 16.2 Å². The summed E-state index contributed by atoms with van der Waals surface area (Å²) in [6.45, 7) is 2.58. The second-order valence-electron chi connectivity index (χ2n) is 6.24. The Morgan fingerprint density at radius 1 is 1.24 bits per heavy atom. The van der Waals surface area contributed by atoms with Gasteiger partial charge in [0, 0.05) is 24.0 Å². The minimum Gasteiger partial charge on any atom is -0.494 e. The quantitative estimate of drug-likeness (QED) is 0.661. The summed E-state index contributed by atoms with van der Waals surface area (Å²) < 4.78 is 18.9. The van der Waals surface area contributed by atoms with Gasteiger partial charge in [0.05, 0.1) is 13.2 Å². The van der Waals surface area contributed by atoms with Crippen molar-refractivity contribution in [2.75, 3.05) is 26.7 Å². The minimum atomic E-state index is -0.330. The van der Waals surface area contributed by atoms with Crippen molar-refractivity contribution < 1.29 is 9.13 Å². The normalized spacial score (nSPS) is 20.0. The molecular weight excluding hydrogens is 341 g/mol. The highest BCUT2D eigenvalue weighted by Gasteiger charge is 2.28. The first kappa shape index (κ1) is 18.1. The van der Waals surface area contributed by atoms with Gasteiger partial charge in [-0.1, -0.05) is 29.8 Å². The maximum atomic E-state index is 14.0. The summed E-state index contributed by atoms with van der Waals surface area (Å²) in [4.78, 5) is 0. The SMILES string of the molecule is COc1ccc(C2NNCC2CNCCc2ccc(Cl)cc2)cc1F. The molecule has 1 aliphatic heterocycles. The van der Waals surface area contributed by atoms with Gasteiger partial charge in [-0.3, -0.25) is 5.43 Å². The Bertz CT molecular complexity index is 696. The fraction of sp³-hybridized carbons (Fsp3) is 0.368. The highest BCUT2D eigenvalue weighted by Crippen LogP contribution is 2.28. The molecular formula is C19H23ClFN3O. The van der Waals surface area contributed by atoms with Gasteiger partial charge in [-0.05, 0) is 48.4 Å². The largest absolute Gasteiger partial charge is 0.494 e. The highest BCUT2D eigenvalue weighted by molar-refractivity contribution is 6.30. The highest BCUT2D eigenvalue weighted by atomic mass is 35.5. The number of nitrogens with one attached hydrogen (secondary N) is 3. The molecule has 1 heterocycles. The van der Waals surface area contributed by atoms with Crippen molar-refractivity contribution in [3.63, 3.8) is 0 Å². The van der Waals surface area contributed by atoms with E-state index in [1.807, 2.05) is 30.3 Å². The van der Waals surface area contributed by atoms with Gasteiger partial charge in [-0.2, -0.15) is 0 Å². The predicted octanol–water partition coefficient (Wildman–Crippen LogP) is 3.09. The fourth-order valence-corrected chi connectivity index (χ4v) is 3.25. The van der Waals surface area contributed by atoms with Crippen LogP contribution in [0.2, 0.25) is 5.02 Å². The lowest BCUT2D eigenvalue weighted by Crippen LogP contribution is -2.30. The van der Waals surface area contributed by atoms with E-state index in [2.05, 4.69) is 16.2 Å². The number of halogens is 2. The maximum Gasteiger partial charge on any atom is 0.165 e. The van der Waals surface area contributed by atoms with Gasteiger partial charge in [0.2, 0.25) is 0 Å². The number of hydrogen-bond acceptors (Lipinski definition) is 4. The zero-order chi connectivity index (χ0) is 17.6. The van der Waals surface area contributed by atoms with Crippen molar-refractivity contribution in [3.8, 4) is 5.75 Å². The van der Waals surface area contributed by atoms with Crippen LogP contribution in [0.1, 0.15) is 17.2 Å². The molecule has 0 bridgehead atoms. The number of ether oxygens (including phenoxy) is 1. The summed E-state index contributed by atoms with van der Waals surface area (Å²) in [6, 6.07) is 13.1. The van der Waals surface area contributed by atoms with Crippen LogP contribution in [0.4, 0.5) is 4.39 Å². The number of hydrogen-bond donors (Lipinski definition) is 3. The summed E-state index contributed by atoms with van der Waals surface area (Å²) in [5.74, 6) is 0.286. The van der Waals surface area contributed by atoms with Crippen LogP contribution in [0, 0.1) is 11.7 Å². The number of rotatable bonds is 7. The predicted molar refractivity (Wildman–Crippen MR) is 98.3 cm³/mol. The first-order valence-corrected chi connectivity index (χ1v) is 8.82. The van der Waals surface area contributed by atoms with E-state index < -0.39 is 0 Å². The van der Waals surface area contributed by atoms with Crippen LogP contribution in [0.3, 0.4) is 0 Å². The van der Waals surface area contributed by atoms with E-state index in [0.29, 0.717) is 5.92 Å². The van der Waals surface area contributed by atoms with Crippen LogP contribution in [-0.4, -0.2) is 26.7 Å². The average Bonchev–Trinajstić information content (AvgIpc) is 3.08. The minimum absolute atomic E-state index is 0.0726. The Kier molecular flexibility index (Phi) is 6.26. The smallest absolute Gasteiger partial charge is 0.165 e. The fourth-order valence-electron chi connectivity index (χ4n) is 3.13. The molecule has 4 nitrogen and oxygen atoms in total. The zero-order valence-electron chi connectivity index (χ0n) is 14.2. The standard InChI is InChI=1S/C19H23ClFN3O/c1-25-18-7-4-14(10-17(18)21)19-15(12-23-24-19)11-22-9-8-13-2-5-16(20)6-3-13/h2-7,10,15,19,22-24H,8-9,11-12H2,1H3. The van der Waals surface area contributed by atoms with Crippen molar-refractivity contribution >= 4 is 11.6 Å². The van der Waals surface area contributed by atoms with Gasteiger partial charge in [0.1, 0.15) is 0 Å². The molecule has 2 unspecified atom stereocenters. The van der Waals surface area contributed by atoms with Crippen molar-refractivity contribution in [1.29, 1.82) is 0 Å². The Morgan fingerprint density at radius 2 is 2.04 bits per heavy atom. The number of hydrazine groups is 1. The third kappa shape index (κ3) is 4.70. The molecule has 25 heavy (non-hydrogen) atoms. The lowest BCUT2D eigenvalue weighted by atomic mass is 9.94. The molecule has 0 aliphatic carbocycles. The molecule has 3 N–H and O–H groups in total. The number of benzene rings is 2. The van der Waals surface area contributed by atoms with E-state index in [1.165, 1.54) is 12.7 Å². The molecule has 1 aliphatic rings. The third-order valence-corrected chi connectivity index (χ3v) is 4.79. The summed E-state index contributed by atoms with van der Waals surface area (Å²) in [7, 11) is 1.47. The topological polar surface area (TPSA) is 45.3 Å². The van der Waals surface area contributed by atoms with Crippen LogP contribution < -0.4 is 20.9 Å². The summed E-state index contributed by atoms with van der Waals surface area (Å²) >= 11 is 5.90. The molecule has 134 valence electrons. The van der Waals surface area contributed by atoms with Gasteiger partial charge in [0.15, 0.2) is 11.6 Å². The summed E-state index contributed by atoms with van der Waals surface area (Å²) in [5, 5.41) is 4.25. The molecule has 1 fully saturated rings. The van der Waals surface area contributed by atoms with Gasteiger partial charge < -0.3 is 10.1 Å². The van der Waals surface area contributed by atoms with E-state index >= 15 is 0 Å². The molecule has 0 amide bonds. The molecule has 2 aromatic rings. The van der Waals surface area contributed by atoms with Crippen LogP contribution >= 0.6 is 11.6 Å². The summed E-state index contributed by atoms with van der Waals surface area (Å²) in [5.41, 5.74) is 8.60. The molecule has 2 aromatic carbocycles. The molecule has 3 rings (SSSR count). The van der Waals surface area contributed by atoms with Gasteiger partial charge in [-0.25, -0.2) is 9.82 Å². The molecule has 0 radical (unpaired) electrons. The van der Waals surface area contributed by atoms with Crippen LogP contribution in [0.15, 0.2) is 42.5 Å². The van der Waals surface area contributed by atoms with E-state index in [1.54, 1.807) is 12.1 Å². The molecule has 0 spiro atoms. The molecule has 0 aromatic heterocycles. The van der Waals surface area contributed by atoms with Crippen LogP contribution in [-0.2, 0) is 6.42 Å². The molecule has 0 saturated carbocycles. The first-order chi connectivity index (χ1) is 12.2. The van der Waals surface area contributed by atoms with Crippen molar-refractivity contribution in [2.24, 2.45) is 5.92 Å². The lowest BCUT2D eigenvalue weighted by molar-refractivity contribution is 0.384. The van der Waals surface area contributed by atoms with Gasteiger partial charge >= 0.3 is 0 Å². The van der Waals surface area contributed by atoms with Crippen LogP contribution in [0.5, 0.6) is 5.75 Å². The molecule has 6 heteroatoms. The number of methoxy groups -OCH3 is 1. The Hall–Kier alpha value is -1.66. The maximum absolute atomic E-state index is 14.0. The third-order valence-electron chi connectivity index (χ3n) is 4.54. The Morgan fingerprint density at radius 3 is 2.76 bits per heavy atom. The second-order valence-corrected chi connectivity index (χ2v) is 6.67. The van der Waals surface area contributed by atoms with E-state index in [-0.39, 0.29) is 17.6 Å². The van der Waals surface area contributed by atoms with Crippen LogP contribution in [0.25, 0.3) is 0 Å².